The van der Waals surface area contributed by atoms with E-state index >= 15 is 4.39 Å². The van der Waals surface area contributed by atoms with Crippen molar-refractivity contribution in [2.24, 2.45) is 0 Å². The van der Waals surface area contributed by atoms with Gasteiger partial charge >= 0.3 is 5.97 Å². The predicted octanol–water partition coefficient (Wildman–Crippen LogP) is 2.03. The van der Waals surface area contributed by atoms with Gasteiger partial charge in [-0.25, -0.2) is 14.2 Å². The van der Waals surface area contributed by atoms with Gasteiger partial charge in [0.2, 0.25) is 5.91 Å². The van der Waals surface area contributed by atoms with Crippen molar-refractivity contribution in [3.63, 3.8) is 0 Å². The van der Waals surface area contributed by atoms with Crippen LogP contribution in [0.1, 0.15) is 65.6 Å². The molecule has 6 rings (SSSR count). The number of aryl methyl sites for hydroxylation is 1. The molecule has 3 unspecified atom stereocenters. The number of esters is 1. The van der Waals surface area contributed by atoms with Crippen LogP contribution in [0.4, 0.5) is 4.39 Å². The van der Waals surface area contributed by atoms with Crippen LogP contribution in [0.15, 0.2) is 16.9 Å². The molecule has 10 nitrogen and oxygen atoms in total. The molecule has 2 aromatic heterocycles. The lowest BCUT2D eigenvalue weighted by Gasteiger charge is -2.31. The molecule has 0 saturated heterocycles. The zero-order valence-electron chi connectivity index (χ0n) is 22.5. The van der Waals surface area contributed by atoms with Crippen LogP contribution in [-0.2, 0) is 44.2 Å². The lowest BCUT2D eigenvalue weighted by molar-refractivity contribution is -0.172. The van der Waals surface area contributed by atoms with E-state index in [0.29, 0.717) is 40.9 Å². The number of aliphatic hydroxyl groups is 2. The van der Waals surface area contributed by atoms with Gasteiger partial charge in [0.25, 0.3) is 5.56 Å². The molecule has 3 aromatic rings. The second-order valence-corrected chi connectivity index (χ2v) is 10.6. The van der Waals surface area contributed by atoms with Gasteiger partial charge in [-0.15, -0.1) is 0 Å². The van der Waals surface area contributed by atoms with E-state index in [-0.39, 0.29) is 49.6 Å². The number of aromatic nitrogens is 2. The normalized spacial score (nSPS) is 21.4. The van der Waals surface area contributed by atoms with Gasteiger partial charge in [-0.3, -0.25) is 9.59 Å². The van der Waals surface area contributed by atoms with Gasteiger partial charge in [-0.1, -0.05) is 6.92 Å². The third kappa shape index (κ3) is 3.64. The third-order valence-electron chi connectivity index (χ3n) is 8.66. The molecule has 3 N–H and O–H groups in total. The van der Waals surface area contributed by atoms with E-state index in [4.69, 9.17) is 14.5 Å². The van der Waals surface area contributed by atoms with Gasteiger partial charge in [0.15, 0.2) is 5.60 Å². The van der Waals surface area contributed by atoms with Crippen LogP contribution in [-0.4, -0.2) is 51.5 Å². The number of hydrogen-bond donors (Lipinski definition) is 3. The Morgan fingerprint density at radius 2 is 2.10 bits per heavy atom. The molecule has 0 radical (unpaired) electrons. The van der Waals surface area contributed by atoms with Gasteiger partial charge in [0.05, 0.1) is 35.1 Å². The molecule has 40 heavy (non-hydrogen) atoms. The smallest absolute Gasteiger partial charge is 0.343 e. The number of hydrogen-bond acceptors (Lipinski definition) is 8. The first-order chi connectivity index (χ1) is 19.1. The summed E-state index contributed by atoms with van der Waals surface area (Å²) in [6.07, 6.45) is 0.307. The van der Waals surface area contributed by atoms with Crippen molar-refractivity contribution in [2.75, 3.05) is 13.7 Å². The fraction of sp³-hybridized carbons (Fsp3) is 0.448. The number of nitrogens with one attached hydrogen (secondary N) is 1. The number of methoxy groups -OCH3 is 1. The zero-order chi connectivity index (χ0) is 28.5. The molecule has 0 fully saturated rings. The Bertz CT molecular complexity index is 1670. The van der Waals surface area contributed by atoms with Crippen LogP contribution in [0.5, 0.6) is 0 Å². The highest BCUT2D eigenvalue weighted by atomic mass is 19.1. The largest absolute Gasteiger partial charge is 0.458 e. The number of pyridine rings is 2. The van der Waals surface area contributed by atoms with Crippen molar-refractivity contribution in [3.05, 3.63) is 61.7 Å². The molecule has 1 aliphatic carbocycles. The Morgan fingerprint density at radius 1 is 1.32 bits per heavy atom. The number of halogens is 1. The van der Waals surface area contributed by atoms with Gasteiger partial charge in [0.1, 0.15) is 18.5 Å². The van der Waals surface area contributed by atoms with Crippen LogP contribution in [0.2, 0.25) is 0 Å². The standard InChI is InChI=1S/C29H30FN3O7/c1-4-29(38)17-9-21-25-15(11-33(21)27(36)16(17)12-40-28(29)37)24-19(32-26(35)22(39-3)7-8-34)6-5-14-13(2)18(30)10-20(31-25)23(14)24/h9-10,19,22,34,38H,4-8,11-12H2,1-3H3,(H,32,35). The summed E-state index contributed by atoms with van der Waals surface area (Å²) in [5.74, 6) is -1.59. The first kappa shape index (κ1) is 26.5. The first-order valence-corrected chi connectivity index (χ1v) is 13.4. The van der Waals surface area contributed by atoms with E-state index in [1.807, 2.05) is 0 Å². The SMILES string of the molecule is CCC1(O)C(=O)OCc2c1cc1n(c2=O)Cc2c-1nc1cc(F)c(C)c3c1c2C(NC(=O)C(CCO)OC)CC3. The van der Waals surface area contributed by atoms with Gasteiger partial charge < -0.3 is 29.6 Å². The van der Waals surface area contributed by atoms with Crippen molar-refractivity contribution < 1.29 is 33.7 Å². The van der Waals surface area contributed by atoms with Gasteiger partial charge in [0, 0.05) is 42.7 Å². The number of aliphatic hydroxyl groups excluding tert-OH is 1. The number of rotatable bonds is 6. The second kappa shape index (κ2) is 9.46. The van der Waals surface area contributed by atoms with Crippen molar-refractivity contribution in [1.82, 2.24) is 14.9 Å². The Hall–Kier alpha value is -3.67. The number of ether oxygens (including phenoxy) is 2. The second-order valence-electron chi connectivity index (χ2n) is 10.6. The van der Waals surface area contributed by atoms with Crippen molar-refractivity contribution >= 4 is 22.8 Å². The van der Waals surface area contributed by atoms with Crippen molar-refractivity contribution in [3.8, 4) is 11.4 Å². The average molecular weight is 552 g/mol. The van der Waals surface area contributed by atoms with Crippen LogP contribution in [0, 0.1) is 12.7 Å². The van der Waals surface area contributed by atoms with Gasteiger partial charge in [-0.2, -0.15) is 0 Å². The minimum absolute atomic E-state index is 0.0153. The Kier molecular flexibility index (Phi) is 6.28. The number of carbonyl (C=O) groups excluding carboxylic acids is 2. The number of fused-ring (bicyclic) bond motifs is 5. The summed E-state index contributed by atoms with van der Waals surface area (Å²) in [4.78, 5) is 44.1. The van der Waals surface area contributed by atoms with E-state index in [2.05, 4.69) is 5.32 Å². The quantitative estimate of drug-likeness (QED) is 0.309. The van der Waals surface area contributed by atoms with E-state index in [9.17, 15) is 24.6 Å². The van der Waals surface area contributed by atoms with E-state index in [1.165, 1.54) is 17.7 Å². The summed E-state index contributed by atoms with van der Waals surface area (Å²) in [7, 11) is 1.40. The Morgan fingerprint density at radius 3 is 2.80 bits per heavy atom. The molecule has 11 heteroatoms. The maximum Gasteiger partial charge on any atom is 0.343 e. The van der Waals surface area contributed by atoms with Gasteiger partial charge in [-0.05, 0) is 48.9 Å². The number of benzene rings is 1. The number of cyclic esters (lactones) is 1. The zero-order valence-corrected chi connectivity index (χ0v) is 22.5. The maximum absolute atomic E-state index is 15.0. The molecule has 0 saturated carbocycles. The summed E-state index contributed by atoms with van der Waals surface area (Å²) in [6.45, 7) is 3.05. The highest BCUT2D eigenvalue weighted by Crippen LogP contribution is 2.46. The van der Waals surface area contributed by atoms with Crippen LogP contribution in [0.25, 0.3) is 22.3 Å². The lowest BCUT2D eigenvalue weighted by atomic mass is 9.81. The molecule has 2 aliphatic heterocycles. The van der Waals surface area contributed by atoms with Crippen molar-refractivity contribution in [1.29, 1.82) is 0 Å². The first-order valence-electron chi connectivity index (χ1n) is 13.4. The highest BCUT2D eigenvalue weighted by molar-refractivity contribution is 5.94. The monoisotopic (exact) mass is 551 g/mol. The molecular weight excluding hydrogens is 521 g/mol. The molecule has 0 bridgehead atoms. The number of amides is 1. The van der Waals surface area contributed by atoms with E-state index in [0.717, 1.165) is 16.5 Å². The molecule has 1 aromatic carbocycles. The lowest BCUT2D eigenvalue weighted by Crippen LogP contribution is -2.44. The highest BCUT2D eigenvalue weighted by Gasteiger charge is 2.46. The number of nitrogens with zero attached hydrogens (tertiary/aromatic N) is 2. The third-order valence-corrected chi connectivity index (χ3v) is 8.66. The maximum atomic E-state index is 15.0. The van der Waals surface area contributed by atoms with Crippen LogP contribution < -0.4 is 10.9 Å². The summed E-state index contributed by atoms with van der Waals surface area (Å²) >= 11 is 0. The van der Waals surface area contributed by atoms with Crippen LogP contribution >= 0.6 is 0 Å². The molecule has 210 valence electrons. The minimum atomic E-state index is -1.97. The average Bonchev–Trinajstić information content (AvgIpc) is 3.31. The molecular formula is C29H30FN3O7. The summed E-state index contributed by atoms with van der Waals surface area (Å²) < 4.78 is 27.0. The fourth-order valence-electron chi connectivity index (χ4n) is 6.44. The molecule has 3 atom stereocenters. The summed E-state index contributed by atoms with van der Waals surface area (Å²) in [5, 5.41) is 24.3. The summed E-state index contributed by atoms with van der Waals surface area (Å²) in [6, 6.07) is 2.50. The molecule has 3 aliphatic rings. The minimum Gasteiger partial charge on any atom is -0.458 e. The summed E-state index contributed by atoms with van der Waals surface area (Å²) in [5.41, 5.74) is 2.08. The Balaban J connectivity index is 1.58. The molecule has 4 heterocycles. The molecule has 1 amide bonds. The van der Waals surface area contributed by atoms with Crippen molar-refractivity contribution in [2.45, 2.75) is 70.4 Å². The molecule has 0 spiro atoms. The fourth-order valence-corrected chi connectivity index (χ4v) is 6.44. The van der Waals surface area contributed by atoms with Crippen LogP contribution in [0.3, 0.4) is 0 Å². The van der Waals surface area contributed by atoms with E-state index < -0.39 is 35.1 Å². The predicted molar refractivity (Wildman–Crippen MR) is 141 cm³/mol. The Labute approximate surface area is 228 Å². The number of carbonyl (C=O) groups is 2. The van der Waals surface area contributed by atoms with E-state index in [1.54, 1.807) is 19.9 Å². The topological polar surface area (TPSA) is 140 Å².